The summed E-state index contributed by atoms with van der Waals surface area (Å²) in [6.07, 6.45) is 0.430. The van der Waals surface area contributed by atoms with Gasteiger partial charge in [0.2, 0.25) is 12.5 Å². The molecule has 3 rings (SSSR count). The minimum Gasteiger partial charge on any atom is -0.453 e. The second-order valence-electron chi connectivity index (χ2n) is 3.61. The lowest BCUT2D eigenvalue weighted by molar-refractivity contribution is 0.0989. The molecule has 0 unspecified atom stereocenters. The predicted molar refractivity (Wildman–Crippen MR) is 60.0 cm³/mol. The highest BCUT2D eigenvalue weighted by atomic mass is 16.7. The second-order valence-corrected chi connectivity index (χ2v) is 3.61. The summed E-state index contributed by atoms with van der Waals surface area (Å²) in [5.74, 6) is 1.62. The Bertz CT molecular complexity index is 573. The van der Waals surface area contributed by atoms with Crippen LogP contribution in [0.1, 0.15) is 10.6 Å². The number of ether oxygens (including phenoxy) is 2. The van der Waals surface area contributed by atoms with E-state index in [1.54, 1.807) is 13.9 Å². The molecule has 1 aliphatic rings. The van der Waals surface area contributed by atoms with Gasteiger partial charge >= 0.3 is 0 Å². The van der Waals surface area contributed by atoms with Crippen molar-refractivity contribution in [1.82, 2.24) is 0 Å². The monoisotopic (exact) mass is 216 g/mol. The van der Waals surface area contributed by atoms with E-state index in [1.807, 2.05) is 12.1 Å². The summed E-state index contributed by atoms with van der Waals surface area (Å²) in [7, 11) is 1.81. The quantitative estimate of drug-likeness (QED) is 0.562. The van der Waals surface area contributed by atoms with E-state index in [1.165, 1.54) is 0 Å². The average molecular weight is 216 g/mol. The van der Waals surface area contributed by atoms with E-state index in [4.69, 9.17) is 13.9 Å². The van der Waals surface area contributed by atoms with Gasteiger partial charge in [-0.15, -0.1) is 0 Å². The third-order valence-corrected chi connectivity index (χ3v) is 2.62. The lowest BCUT2D eigenvalue weighted by Crippen LogP contribution is -1.94. The zero-order valence-corrected chi connectivity index (χ0v) is 8.78. The maximum Gasteiger partial charge on any atom is 0.231 e. The maximum atomic E-state index is 11.5. The van der Waals surface area contributed by atoms with Gasteiger partial charge < -0.3 is 13.9 Å². The number of Topliss-reactive ketones (excluding diaryl/α,β-unsaturated/α-hetero) is 1. The standard InChI is InChI=1S/C11H9BO4/c12-4-7(13)9-3-6-1-2-8-11(10(6)16-9)15-5-14-8/h1-3H,4-5,12H2. The molecule has 0 bridgehead atoms. The molecule has 1 aromatic heterocycles. The molecule has 0 spiro atoms. The number of furan rings is 1. The summed E-state index contributed by atoms with van der Waals surface area (Å²) >= 11 is 0. The van der Waals surface area contributed by atoms with Crippen LogP contribution in [-0.2, 0) is 0 Å². The van der Waals surface area contributed by atoms with Crippen LogP contribution in [0.2, 0.25) is 6.32 Å². The van der Waals surface area contributed by atoms with Crippen molar-refractivity contribution in [2.24, 2.45) is 0 Å². The number of fused-ring (bicyclic) bond motifs is 3. The summed E-state index contributed by atoms with van der Waals surface area (Å²) in [5.41, 5.74) is 0.590. The number of rotatable bonds is 2. The van der Waals surface area contributed by atoms with Crippen LogP contribution in [0.3, 0.4) is 0 Å². The SMILES string of the molecule is BCC(=O)c1cc2ccc3c(c2o1)OCO3. The van der Waals surface area contributed by atoms with Gasteiger partial charge in [-0.2, -0.15) is 0 Å². The molecule has 2 aromatic rings. The predicted octanol–water partition coefficient (Wildman–Crippen LogP) is 1.40. The molecule has 5 heteroatoms. The van der Waals surface area contributed by atoms with Gasteiger partial charge in [-0.1, -0.05) is 0 Å². The number of carbonyl (C=O) groups excluding carboxylic acids is 1. The van der Waals surface area contributed by atoms with Gasteiger partial charge in [0, 0.05) is 5.39 Å². The van der Waals surface area contributed by atoms with Gasteiger partial charge in [-0.05, 0) is 24.5 Å². The minimum absolute atomic E-state index is 0.0103. The van der Waals surface area contributed by atoms with E-state index < -0.39 is 0 Å². The molecule has 0 radical (unpaired) electrons. The highest BCUT2D eigenvalue weighted by Crippen LogP contribution is 2.40. The average Bonchev–Trinajstić information content (AvgIpc) is 2.92. The van der Waals surface area contributed by atoms with Crippen LogP contribution >= 0.6 is 0 Å². The number of carbonyl (C=O) groups is 1. The fraction of sp³-hybridized carbons (Fsp3) is 0.182. The van der Waals surface area contributed by atoms with Crippen molar-refractivity contribution in [2.45, 2.75) is 6.32 Å². The van der Waals surface area contributed by atoms with E-state index in [2.05, 4.69) is 0 Å². The number of benzene rings is 1. The summed E-state index contributed by atoms with van der Waals surface area (Å²) in [5, 5.41) is 0.862. The lowest BCUT2D eigenvalue weighted by atomic mass is 9.99. The van der Waals surface area contributed by atoms with E-state index in [0.29, 0.717) is 29.2 Å². The van der Waals surface area contributed by atoms with Crippen LogP contribution in [0.4, 0.5) is 0 Å². The summed E-state index contributed by atoms with van der Waals surface area (Å²) in [4.78, 5) is 11.5. The zero-order valence-electron chi connectivity index (χ0n) is 8.78. The van der Waals surface area contributed by atoms with Crippen LogP contribution in [0.5, 0.6) is 11.5 Å². The van der Waals surface area contributed by atoms with Crippen LogP contribution in [0.15, 0.2) is 22.6 Å². The molecule has 80 valence electrons. The van der Waals surface area contributed by atoms with Gasteiger partial charge in [0.05, 0.1) is 0 Å². The topological polar surface area (TPSA) is 48.7 Å². The maximum absolute atomic E-state index is 11.5. The van der Waals surface area contributed by atoms with Gasteiger partial charge in [0.1, 0.15) is 7.85 Å². The van der Waals surface area contributed by atoms with Crippen LogP contribution in [0, 0.1) is 0 Å². The Morgan fingerprint density at radius 2 is 2.25 bits per heavy atom. The summed E-state index contributed by atoms with van der Waals surface area (Å²) in [6.45, 7) is 0.201. The fourth-order valence-electron chi connectivity index (χ4n) is 1.77. The van der Waals surface area contributed by atoms with Gasteiger partial charge in [-0.25, -0.2) is 0 Å². The minimum atomic E-state index is -0.0103. The first-order chi connectivity index (χ1) is 7.79. The molecule has 0 amide bonds. The Kier molecular flexibility index (Phi) is 1.92. The normalized spacial score (nSPS) is 13.2. The first kappa shape index (κ1) is 9.33. The smallest absolute Gasteiger partial charge is 0.231 e. The van der Waals surface area contributed by atoms with Crippen molar-refractivity contribution >= 4 is 24.6 Å². The summed E-state index contributed by atoms with van der Waals surface area (Å²) < 4.78 is 16.1. The van der Waals surface area contributed by atoms with Crippen molar-refractivity contribution in [1.29, 1.82) is 0 Å². The summed E-state index contributed by atoms with van der Waals surface area (Å²) in [6, 6.07) is 5.42. The zero-order chi connectivity index (χ0) is 11.1. The van der Waals surface area contributed by atoms with Gasteiger partial charge in [0.25, 0.3) is 0 Å². The fourth-order valence-corrected chi connectivity index (χ4v) is 1.77. The van der Waals surface area contributed by atoms with Crippen molar-refractivity contribution in [2.75, 3.05) is 6.79 Å². The third-order valence-electron chi connectivity index (χ3n) is 2.62. The first-order valence-corrected chi connectivity index (χ1v) is 5.15. The molecule has 4 nitrogen and oxygen atoms in total. The molecular weight excluding hydrogens is 207 g/mol. The Labute approximate surface area is 92.5 Å². The van der Waals surface area contributed by atoms with Gasteiger partial charge in [-0.3, -0.25) is 4.79 Å². The number of hydrogen-bond acceptors (Lipinski definition) is 4. The van der Waals surface area contributed by atoms with Crippen LogP contribution in [-0.4, -0.2) is 20.4 Å². The third kappa shape index (κ3) is 1.21. The Morgan fingerprint density at radius 1 is 1.38 bits per heavy atom. The van der Waals surface area contributed by atoms with Crippen LogP contribution in [0.25, 0.3) is 11.0 Å². The molecular formula is C11H9BO4. The molecule has 16 heavy (non-hydrogen) atoms. The molecule has 1 aliphatic heterocycles. The number of ketones is 1. The molecule has 0 atom stereocenters. The molecule has 0 saturated carbocycles. The van der Waals surface area contributed by atoms with Crippen LogP contribution < -0.4 is 9.47 Å². The van der Waals surface area contributed by atoms with E-state index in [9.17, 15) is 4.79 Å². The Balaban J connectivity index is 2.21. The Hall–Kier alpha value is -1.91. The first-order valence-electron chi connectivity index (χ1n) is 5.15. The van der Waals surface area contributed by atoms with E-state index >= 15 is 0 Å². The second kappa shape index (κ2) is 3.30. The lowest BCUT2D eigenvalue weighted by Gasteiger charge is -1.95. The van der Waals surface area contributed by atoms with E-state index in [0.717, 1.165) is 5.39 Å². The molecule has 0 fully saturated rings. The van der Waals surface area contributed by atoms with E-state index in [-0.39, 0.29) is 12.6 Å². The van der Waals surface area contributed by atoms with Crippen molar-refractivity contribution < 1.29 is 18.7 Å². The highest BCUT2D eigenvalue weighted by Gasteiger charge is 2.21. The molecule has 0 saturated heterocycles. The Morgan fingerprint density at radius 3 is 3.06 bits per heavy atom. The van der Waals surface area contributed by atoms with Gasteiger partial charge in [0.15, 0.2) is 22.9 Å². The molecule has 0 aliphatic carbocycles. The number of hydrogen-bond donors (Lipinski definition) is 0. The van der Waals surface area contributed by atoms with Crippen molar-refractivity contribution in [3.8, 4) is 11.5 Å². The highest BCUT2D eigenvalue weighted by molar-refractivity contribution is 6.23. The molecule has 1 aromatic carbocycles. The van der Waals surface area contributed by atoms with Crippen molar-refractivity contribution in [3.63, 3.8) is 0 Å². The molecule has 2 heterocycles. The van der Waals surface area contributed by atoms with Crippen molar-refractivity contribution in [3.05, 3.63) is 24.0 Å². The largest absolute Gasteiger partial charge is 0.453 e. The molecule has 0 N–H and O–H groups in total.